The highest BCUT2D eigenvalue weighted by atomic mass is 31.2. The first-order valence-corrected chi connectivity index (χ1v) is 24.1. The summed E-state index contributed by atoms with van der Waals surface area (Å²) < 4.78 is 32.7. The van der Waals surface area contributed by atoms with Crippen LogP contribution in [0.4, 0.5) is 0 Å². The van der Waals surface area contributed by atoms with E-state index >= 15 is 0 Å². The average Bonchev–Trinajstić information content (AvgIpc) is 3.16. The van der Waals surface area contributed by atoms with E-state index in [1.165, 1.54) is 148 Å². The van der Waals surface area contributed by atoms with E-state index in [1.807, 2.05) is 0 Å². The smallest absolute Gasteiger partial charge is 0.472 e. The molecule has 12 heteroatoms. The summed E-state index contributed by atoms with van der Waals surface area (Å²) >= 11 is 0. The third-order valence-electron chi connectivity index (χ3n) is 10.1. The van der Waals surface area contributed by atoms with E-state index in [0.29, 0.717) is 12.8 Å². The predicted octanol–water partition coefficient (Wildman–Crippen LogP) is 11.9. The van der Waals surface area contributed by atoms with Gasteiger partial charge in [0, 0.05) is 12.8 Å². The number of carbonyl (C=O) groups excluding carboxylic acids is 2. The van der Waals surface area contributed by atoms with Gasteiger partial charge in [-0.25, -0.2) is 4.57 Å². The van der Waals surface area contributed by atoms with Gasteiger partial charge in [0.1, 0.15) is 12.6 Å². The molecule has 0 aliphatic heterocycles. The second-order valence-corrected chi connectivity index (χ2v) is 17.0. The van der Waals surface area contributed by atoms with Crippen molar-refractivity contribution in [1.29, 1.82) is 0 Å². The average molecular weight is 806 g/mol. The van der Waals surface area contributed by atoms with Gasteiger partial charge in [-0.15, -0.1) is 0 Å². The number of nitrogens with two attached hydrogens (primary N) is 1. The summed E-state index contributed by atoms with van der Waals surface area (Å²) in [6.45, 7) is 2.83. The first-order chi connectivity index (χ1) is 26.6. The van der Waals surface area contributed by atoms with Crippen LogP contribution in [0.5, 0.6) is 0 Å². The Kier molecular flexibility index (Phi) is 38.2. The lowest BCUT2D eigenvalue weighted by Crippen LogP contribution is -2.34. The number of hydrogen-bond acceptors (Lipinski definition) is 9. The van der Waals surface area contributed by atoms with Crippen molar-refractivity contribution in [2.24, 2.45) is 5.73 Å². The Morgan fingerprint density at radius 3 is 1.15 bits per heavy atom. The maximum atomic E-state index is 12.6. The fourth-order valence-electron chi connectivity index (χ4n) is 6.54. The highest BCUT2D eigenvalue weighted by molar-refractivity contribution is 7.47. The maximum absolute atomic E-state index is 12.6. The van der Waals surface area contributed by atoms with Gasteiger partial charge >= 0.3 is 25.7 Å². The van der Waals surface area contributed by atoms with E-state index < -0.39 is 51.1 Å². The van der Waals surface area contributed by atoms with E-state index in [1.54, 1.807) is 0 Å². The van der Waals surface area contributed by atoms with Crippen LogP contribution in [0.25, 0.3) is 0 Å². The second-order valence-electron chi connectivity index (χ2n) is 15.6. The summed E-state index contributed by atoms with van der Waals surface area (Å²) in [5.74, 6) is -2.36. The second kappa shape index (κ2) is 39.3. The first-order valence-electron chi connectivity index (χ1n) is 22.6. The van der Waals surface area contributed by atoms with Gasteiger partial charge in [-0.05, 0) is 12.8 Å². The lowest BCUT2D eigenvalue weighted by atomic mass is 10.0. The van der Waals surface area contributed by atoms with E-state index in [0.717, 1.165) is 38.5 Å². The van der Waals surface area contributed by atoms with Crippen molar-refractivity contribution in [3.8, 4) is 0 Å². The van der Waals surface area contributed by atoms with E-state index in [9.17, 15) is 23.8 Å². The molecule has 4 N–H and O–H groups in total. The molecule has 1 unspecified atom stereocenters. The Bertz CT molecular complexity index is 952. The Morgan fingerprint density at radius 2 is 0.800 bits per heavy atom. The van der Waals surface area contributed by atoms with Crippen LogP contribution >= 0.6 is 7.82 Å². The van der Waals surface area contributed by atoms with Crippen molar-refractivity contribution in [3.63, 3.8) is 0 Å². The molecular weight excluding hydrogens is 721 g/mol. The number of phosphoric ester groups is 1. The monoisotopic (exact) mass is 806 g/mol. The fraction of sp³-hybridized carbons (Fsp3) is 0.930. The number of hydrogen-bond donors (Lipinski definition) is 3. The lowest BCUT2D eigenvalue weighted by molar-refractivity contribution is -0.161. The number of carboxylic acids is 1. The molecule has 0 aromatic rings. The number of aliphatic carboxylic acids is 1. The van der Waals surface area contributed by atoms with Gasteiger partial charge < -0.3 is 25.2 Å². The van der Waals surface area contributed by atoms with Crippen LogP contribution in [-0.4, -0.2) is 59.9 Å². The topological polar surface area (TPSA) is 172 Å². The van der Waals surface area contributed by atoms with Crippen molar-refractivity contribution in [2.45, 2.75) is 238 Å². The van der Waals surface area contributed by atoms with Gasteiger partial charge in [0.2, 0.25) is 0 Å². The molecule has 0 aliphatic carbocycles. The maximum Gasteiger partial charge on any atom is 0.472 e. The molecule has 326 valence electrons. The molecule has 0 radical (unpaired) electrons. The molecule has 55 heavy (non-hydrogen) atoms. The van der Waals surface area contributed by atoms with Gasteiger partial charge in [0.05, 0.1) is 13.2 Å². The van der Waals surface area contributed by atoms with Crippen LogP contribution in [0, 0.1) is 0 Å². The molecule has 3 atom stereocenters. The first kappa shape index (κ1) is 53.5. The van der Waals surface area contributed by atoms with E-state index in [2.05, 4.69) is 18.4 Å². The normalized spacial score (nSPS) is 13.7. The van der Waals surface area contributed by atoms with Crippen LogP contribution < -0.4 is 5.73 Å². The fourth-order valence-corrected chi connectivity index (χ4v) is 7.32. The van der Waals surface area contributed by atoms with Crippen LogP contribution in [0.1, 0.15) is 226 Å². The number of carbonyl (C=O) groups is 3. The highest BCUT2D eigenvalue weighted by Gasteiger charge is 2.28. The van der Waals surface area contributed by atoms with Crippen molar-refractivity contribution < 1.29 is 47.5 Å². The molecule has 0 aliphatic rings. The molecule has 0 bridgehead atoms. The molecule has 0 saturated carbocycles. The lowest BCUT2D eigenvalue weighted by Gasteiger charge is -2.20. The molecule has 0 amide bonds. The van der Waals surface area contributed by atoms with Crippen molar-refractivity contribution in [2.75, 3.05) is 19.8 Å². The van der Waals surface area contributed by atoms with E-state index in [-0.39, 0.29) is 19.4 Å². The zero-order valence-electron chi connectivity index (χ0n) is 35.3. The number of esters is 2. The van der Waals surface area contributed by atoms with Crippen LogP contribution in [-0.2, 0) is 37.5 Å². The summed E-state index contributed by atoms with van der Waals surface area (Å²) in [6, 6.07) is -1.52. The highest BCUT2D eigenvalue weighted by Crippen LogP contribution is 2.43. The number of rotatable bonds is 43. The van der Waals surface area contributed by atoms with Crippen molar-refractivity contribution in [3.05, 3.63) is 0 Å². The molecule has 0 fully saturated rings. The quantitative estimate of drug-likeness (QED) is 0.0304. The standard InChI is InChI=1S/C43H84NO10P/c1-3-5-7-9-11-13-15-17-18-19-20-21-22-23-25-27-29-31-33-35-42(46)54-39(37-52-55(49,50)53-38-40(44)43(47)48)36-51-41(45)34-32-30-28-26-24-16-14-12-10-8-6-4-2/h39-40H,3-38,44H2,1-2H3,(H,47,48)(H,49,50)/t39-,40-/m0/s1. The summed E-state index contributed by atoms with van der Waals surface area (Å²) in [6.07, 6.45) is 37.4. The third-order valence-corrected chi connectivity index (χ3v) is 11.1. The van der Waals surface area contributed by atoms with Crippen LogP contribution in [0.3, 0.4) is 0 Å². The summed E-state index contributed by atoms with van der Waals surface area (Å²) in [5.41, 5.74) is 5.33. The minimum atomic E-state index is -4.71. The third kappa shape index (κ3) is 39.1. The van der Waals surface area contributed by atoms with Crippen molar-refractivity contribution in [1.82, 2.24) is 0 Å². The number of ether oxygens (including phenoxy) is 2. The van der Waals surface area contributed by atoms with Gasteiger partial charge in [-0.3, -0.25) is 23.4 Å². The molecule has 11 nitrogen and oxygen atoms in total. The molecule has 0 heterocycles. The van der Waals surface area contributed by atoms with E-state index in [4.69, 9.17) is 24.8 Å². The Labute approximate surface area is 335 Å². The molecule has 0 saturated heterocycles. The molecule has 0 rings (SSSR count). The summed E-state index contributed by atoms with van der Waals surface area (Å²) in [7, 11) is -4.71. The zero-order valence-corrected chi connectivity index (χ0v) is 36.2. The molecule has 0 aromatic carbocycles. The molecular formula is C43H84NO10P. The Morgan fingerprint density at radius 1 is 0.491 bits per heavy atom. The van der Waals surface area contributed by atoms with Gasteiger partial charge in [0.25, 0.3) is 0 Å². The minimum Gasteiger partial charge on any atom is -0.480 e. The minimum absolute atomic E-state index is 0.170. The van der Waals surface area contributed by atoms with Gasteiger partial charge in [-0.2, -0.15) is 0 Å². The summed E-state index contributed by atoms with van der Waals surface area (Å²) in [5, 5.41) is 8.88. The molecule has 0 aromatic heterocycles. The zero-order chi connectivity index (χ0) is 40.7. The van der Waals surface area contributed by atoms with Crippen LogP contribution in [0.15, 0.2) is 0 Å². The number of unbranched alkanes of at least 4 members (excludes halogenated alkanes) is 29. The largest absolute Gasteiger partial charge is 0.480 e. The van der Waals surface area contributed by atoms with Crippen LogP contribution in [0.2, 0.25) is 0 Å². The number of phosphoric acid groups is 1. The van der Waals surface area contributed by atoms with Crippen molar-refractivity contribution >= 4 is 25.7 Å². The Balaban J connectivity index is 4.26. The Hall–Kier alpha value is -1.52. The van der Waals surface area contributed by atoms with Gasteiger partial charge in [-0.1, -0.05) is 200 Å². The summed E-state index contributed by atoms with van der Waals surface area (Å²) in [4.78, 5) is 45.9. The SMILES string of the molecule is CCCCCCCCCCCCCCCCCCCCCC(=O)O[C@@H](COC(=O)CCCCCCCCCCCCCC)COP(=O)(O)OC[C@H](N)C(=O)O. The molecule has 0 spiro atoms. The predicted molar refractivity (Wildman–Crippen MR) is 222 cm³/mol. The number of carboxylic acid groups (broad SMARTS) is 1. The van der Waals surface area contributed by atoms with Gasteiger partial charge in [0.15, 0.2) is 6.10 Å².